The number of rotatable bonds is 4. The molecule has 0 N–H and O–H groups in total. The number of esters is 1. The first-order valence-corrected chi connectivity index (χ1v) is 6.01. The van der Waals surface area contributed by atoms with Gasteiger partial charge < -0.3 is 4.74 Å². The van der Waals surface area contributed by atoms with Gasteiger partial charge in [-0.15, -0.1) is 0 Å². The number of ether oxygens (including phenoxy) is 1. The van der Waals surface area contributed by atoms with Gasteiger partial charge in [-0.05, 0) is 55.4 Å². The van der Waals surface area contributed by atoms with Gasteiger partial charge in [-0.3, -0.25) is 4.79 Å². The van der Waals surface area contributed by atoms with Crippen molar-refractivity contribution in [3.05, 3.63) is 42.0 Å². The standard InChI is InChI=1S/C13H14O3S/c1-4-16-12(14)10-5-7-11(8-6-10)17-13(15)9(2)3/h5-8H,2,4H2,1,3H3. The minimum atomic E-state index is -0.352. The molecule has 17 heavy (non-hydrogen) atoms. The first kappa shape index (κ1) is 13.5. The molecule has 0 saturated carbocycles. The van der Waals surface area contributed by atoms with Crippen LogP contribution in [0.1, 0.15) is 24.2 Å². The molecular formula is C13H14O3S. The number of benzene rings is 1. The lowest BCUT2D eigenvalue weighted by molar-refractivity contribution is -0.107. The summed E-state index contributed by atoms with van der Waals surface area (Å²) in [5.74, 6) is -0.352. The van der Waals surface area contributed by atoms with E-state index in [1.807, 2.05) is 0 Å². The van der Waals surface area contributed by atoms with Crippen LogP contribution in [0.15, 0.2) is 41.3 Å². The lowest BCUT2D eigenvalue weighted by Crippen LogP contribution is -2.04. The van der Waals surface area contributed by atoms with Crippen molar-refractivity contribution < 1.29 is 14.3 Å². The van der Waals surface area contributed by atoms with Crippen LogP contribution in [0.25, 0.3) is 0 Å². The van der Waals surface area contributed by atoms with Crippen molar-refractivity contribution in [2.45, 2.75) is 18.7 Å². The first-order chi connectivity index (χ1) is 8.04. The van der Waals surface area contributed by atoms with Gasteiger partial charge in [0.25, 0.3) is 0 Å². The van der Waals surface area contributed by atoms with E-state index in [-0.39, 0.29) is 11.1 Å². The molecule has 0 unspecified atom stereocenters. The van der Waals surface area contributed by atoms with E-state index in [4.69, 9.17) is 4.74 Å². The number of thioether (sulfide) groups is 1. The summed E-state index contributed by atoms with van der Waals surface area (Å²) in [4.78, 5) is 23.6. The van der Waals surface area contributed by atoms with Gasteiger partial charge in [0, 0.05) is 4.90 Å². The van der Waals surface area contributed by atoms with E-state index in [2.05, 4.69) is 6.58 Å². The Labute approximate surface area is 105 Å². The third kappa shape index (κ3) is 4.07. The molecular weight excluding hydrogens is 236 g/mol. The summed E-state index contributed by atoms with van der Waals surface area (Å²) in [6.07, 6.45) is 0. The molecule has 1 aromatic carbocycles. The minimum Gasteiger partial charge on any atom is -0.462 e. The Kier molecular flexibility index (Phi) is 4.97. The highest BCUT2D eigenvalue weighted by atomic mass is 32.2. The number of hydrogen-bond donors (Lipinski definition) is 0. The molecule has 0 saturated heterocycles. The van der Waals surface area contributed by atoms with Crippen LogP contribution in [0.5, 0.6) is 0 Å². The van der Waals surface area contributed by atoms with E-state index in [0.717, 1.165) is 16.7 Å². The maximum atomic E-state index is 11.4. The summed E-state index contributed by atoms with van der Waals surface area (Å²) in [6.45, 7) is 7.35. The molecule has 1 aromatic rings. The van der Waals surface area contributed by atoms with Crippen LogP contribution in [0.2, 0.25) is 0 Å². The molecule has 3 nitrogen and oxygen atoms in total. The van der Waals surface area contributed by atoms with Crippen LogP contribution in [0, 0.1) is 0 Å². The third-order valence-electron chi connectivity index (χ3n) is 1.92. The molecule has 0 heterocycles. The fourth-order valence-corrected chi connectivity index (χ4v) is 1.73. The molecule has 0 aliphatic rings. The van der Waals surface area contributed by atoms with Crippen LogP contribution in [-0.4, -0.2) is 17.7 Å². The normalized spacial score (nSPS) is 9.76. The highest BCUT2D eigenvalue weighted by molar-refractivity contribution is 8.14. The van der Waals surface area contributed by atoms with E-state index in [0.29, 0.717) is 17.7 Å². The number of carbonyl (C=O) groups excluding carboxylic acids is 2. The van der Waals surface area contributed by atoms with Gasteiger partial charge in [0.2, 0.25) is 5.12 Å². The zero-order chi connectivity index (χ0) is 12.8. The Bertz CT molecular complexity index is 434. The monoisotopic (exact) mass is 250 g/mol. The van der Waals surface area contributed by atoms with Crippen molar-refractivity contribution in [2.24, 2.45) is 0 Å². The zero-order valence-corrected chi connectivity index (χ0v) is 10.7. The maximum absolute atomic E-state index is 11.4. The van der Waals surface area contributed by atoms with Crippen molar-refractivity contribution in [1.82, 2.24) is 0 Å². The predicted molar refractivity (Wildman–Crippen MR) is 68.1 cm³/mol. The molecule has 0 bridgehead atoms. The predicted octanol–water partition coefficient (Wildman–Crippen LogP) is 3.06. The highest BCUT2D eigenvalue weighted by Crippen LogP contribution is 2.22. The molecule has 0 radical (unpaired) electrons. The summed E-state index contributed by atoms with van der Waals surface area (Å²) in [6, 6.07) is 6.73. The van der Waals surface area contributed by atoms with E-state index >= 15 is 0 Å². The van der Waals surface area contributed by atoms with E-state index in [9.17, 15) is 9.59 Å². The highest BCUT2D eigenvalue weighted by Gasteiger charge is 2.08. The SMILES string of the molecule is C=C(C)C(=O)Sc1ccc(C(=O)OCC)cc1. The molecule has 0 atom stereocenters. The zero-order valence-electron chi connectivity index (χ0n) is 9.86. The van der Waals surface area contributed by atoms with Gasteiger partial charge >= 0.3 is 5.97 Å². The fourth-order valence-electron chi connectivity index (χ4n) is 1.07. The third-order valence-corrected chi connectivity index (χ3v) is 2.97. The Morgan fingerprint density at radius 3 is 2.35 bits per heavy atom. The Balaban J connectivity index is 2.71. The topological polar surface area (TPSA) is 43.4 Å². The van der Waals surface area contributed by atoms with Crippen LogP contribution >= 0.6 is 11.8 Å². The minimum absolute atomic E-state index is 0.0751. The smallest absolute Gasteiger partial charge is 0.338 e. The average molecular weight is 250 g/mol. The van der Waals surface area contributed by atoms with E-state index < -0.39 is 0 Å². The Morgan fingerprint density at radius 1 is 1.29 bits per heavy atom. The Hall–Kier alpha value is -1.55. The van der Waals surface area contributed by atoms with Crippen LogP contribution in [0.4, 0.5) is 0 Å². The van der Waals surface area contributed by atoms with E-state index in [1.54, 1.807) is 38.1 Å². The van der Waals surface area contributed by atoms with Crippen molar-refractivity contribution in [3.63, 3.8) is 0 Å². The van der Waals surface area contributed by atoms with Crippen molar-refractivity contribution >= 4 is 22.8 Å². The van der Waals surface area contributed by atoms with Gasteiger partial charge in [-0.1, -0.05) is 6.58 Å². The molecule has 90 valence electrons. The number of hydrogen-bond acceptors (Lipinski definition) is 4. The summed E-state index contributed by atoms with van der Waals surface area (Å²) in [5, 5.41) is -0.0751. The van der Waals surface area contributed by atoms with Gasteiger partial charge in [0.15, 0.2) is 0 Å². The second kappa shape index (κ2) is 6.25. The summed E-state index contributed by atoms with van der Waals surface area (Å²) < 4.78 is 4.86. The van der Waals surface area contributed by atoms with Crippen LogP contribution < -0.4 is 0 Å². The van der Waals surface area contributed by atoms with Crippen molar-refractivity contribution in [1.29, 1.82) is 0 Å². The average Bonchev–Trinajstić information content (AvgIpc) is 2.30. The van der Waals surface area contributed by atoms with Gasteiger partial charge in [0.1, 0.15) is 0 Å². The van der Waals surface area contributed by atoms with Crippen LogP contribution in [-0.2, 0) is 9.53 Å². The van der Waals surface area contributed by atoms with Crippen molar-refractivity contribution in [2.75, 3.05) is 6.61 Å². The molecule has 0 aliphatic heterocycles. The Morgan fingerprint density at radius 2 is 1.88 bits per heavy atom. The van der Waals surface area contributed by atoms with Gasteiger partial charge in [0.05, 0.1) is 12.2 Å². The molecule has 0 fully saturated rings. The van der Waals surface area contributed by atoms with E-state index in [1.165, 1.54) is 0 Å². The summed E-state index contributed by atoms with van der Waals surface area (Å²) >= 11 is 1.09. The summed E-state index contributed by atoms with van der Waals surface area (Å²) in [7, 11) is 0. The molecule has 0 amide bonds. The second-order valence-electron chi connectivity index (χ2n) is 3.41. The second-order valence-corrected chi connectivity index (χ2v) is 4.46. The van der Waals surface area contributed by atoms with Crippen LogP contribution in [0.3, 0.4) is 0 Å². The maximum Gasteiger partial charge on any atom is 0.338 e. The first-order valence-electron chi connectivity index (χ1n) is 5.19. The lowest BCUT2D eigenvalue weighted by Gasteiger charge is -2.03. The van der Waals surface area contributed by atoms with Gasteiger partial charge in [-0.25, -0.2) is 4.79 Å². The molecule has 0 spiro atoms. The van der Waals surface area contributed by atoms with Gasteiger partial charge in [-0.2, -0.15) is 0 Å². The van der Waals surface area contributed by atoms with Crippen molar-refractivity contribution in [3.8, 4) is 0 Å². The lowest BCUT2D eigenvalue weighted by atomic mass is 10.2. The summed E-state index contributed by atoms with van der Waals surface area (Å²) in [5.41, 5.74) is 0.989. The number of carbonyl (C=O) groups is 2. The fraction of sp³-hybridized carbons (Fsp3) is 0.231. The molecule has 1 rings (SSSR count). The molecule has 4 heteroatoms. The largest absolute Gasteiger partial charge is 0.462 e. The quantitative estimate of drug-likeness (QED) is 0.468. The molecule has 0 aliphatic carbocycles. The molecule has 0 aromatic heterocycles.